The van der Waals surface area contributed by atoms with Crippen molar-refractivity contribution < 1.29 is 19.8 Å². The van der Waals surface area contributed by atoms with E-state index in [-0.39, 0.29) is 34.5 Å². The molecule has 0 aliphatic rings. The van der Waals surface area contributed by atoms with Gasteiger partial charge >= 0.3 is 35.0 Å². The Bertz CT molecular complexity index is 157. The fraction of sp³-hybridized carbons (Fsp3) is 0.333. The van der Waals surface area contributed by atoms with Crippen molar-refractivity contribution in [2.75, 3.05) is 5.88 Å². The maximum Gasteiger partial charge on any atom is 0.330 e. The highest BCUT2D eigenvalue weighted by Crippen LogP contribution is 1.81. The molecule has 0 unspecified atom stereocenters. The molecule has 0 aliphatic heterocycles. The first-order valence-corrected chi connectivity index (χ1v) is 3.11. The van der Waals surface area contributed by atoms with Gasteiger partial charge < -0.3 is 10.2 Å². The highest BCUT2D eigenvalue weighted by Gasteiger charge is 1.90. The summed E-state index contributed by atoms with van der Waals surface area (Å²) in [5, 5.41) is 15.5. The Morgan fingerprint density at radius 1 is 1.42 bits per heavy atom. The van der Waals surface area contributed by atoms with Crippen LogP contribution in [0.25, 0.3) is 0 Å². The minimum absolute atomic E-state index is 0. The highest BCUT2D eigenvalue weighted by atomic mass is 35.5. The Morgan fingerprint density at radius 2 is 1.58 bits per heavy atom. The average molecular weight is 207 g/mol. The van der Waals surface area contributed by atoms with E-state index in [0.717, 1.165) is 0 Å². The Morgan fingerprint density at radius 3 is 1.58 bits per heavy atom. The topological polar surface area (TPSA) is 74.6 Å². The molecule has 0 aromatic heterocycles. The van der Waals surface area contributed by atoms with Gasteiger partial charge in [-0.05, 0) is 6.92 Å². The lowest BCUT2D eigenvalue weighted by molar-refractivity contribution is -0.134. The van der Waals surface area contributed by atoms with Crippen LogP contribution in [-0.4, -0.2) is 51.1 Å². The van der Waals surface area contributed by atoms with Gasteiger partial charge in [-0.2, -0.15) is 0 Å². The van der Waals surface area contributed by atoms with Gasteiger partial charge in [0.15, 0.2) is 0 Å². The van der Waals surface area contributed by atoms with E-state index in [4.69, 9.17) is 21.8 Å². The zero-order valence-corrected chi connectivity index (χ0v) is 6.76. The molecule has 0 aromatic carbocycles. The molecule has 0 heterocycles. The van der Waals surface area contributed by atoms with Crippen molar-refractivity contribution in [2.45, 2.75) is 6.92 Å². The molecule has 0 radical (unpaired) electrons. The largest absolute Gasteiger partial charge is 0.480 e. The normalized spacial score (nSPS) is 6.83. The summed E-state index contributed by atoms with van der Waals surface area (Å²) in [7, 11) is 0. The SMILES string of the molecule is C=C(C)C(=O)O.O=C(O)CCl.[MgH2]. The number of carboxylic acid groups (broad SMARTS) is 2. The first kappa shape index (κ1) is 17.7. The van der Waals surface area contributed by atoms with Crippen LogP contribution in [0.4, 0.5) is 0 Å². The van der Waals surface area contributed by atoms with Gasteiger partial charge in [0, 0.05) is 5.57 Å². The molecule has 0 aliphatic carbocycles. The van der Waals surface area contributed by atoms with Crippen molar-refractivity contribution in [1.82, 2.24) is 0 Å². The number of rotatable bonds is 2. The van der Waals surface area contributed by atoms with E-state index < -0.39 is 11.9 Å². The molecule has 0 saturated carbocycles. The fourth-order valence-corrected chi connectivity index (χ4v) is 0. The summed E-state index contributed by atoms with van der Waals surface area (Å²) < 4.78 is 0. The van der Waals surface area contributed by atoms with E-state index in [2.05, 4.69) is 6.58 Å². The molecule has 0 spiro atoms. The third kappa shape index (κ3) is 22.6. The van der Waals surface area contributed by atoms with Crippen molar-refractivity contribution in [3.8, 4) is 0 Å². The van der Waals surface area contributed by atoms with Gasteiger partial charge in [-0.1, -0.05) is 6.58 Å². The molecule has 0 atom stereocenters. The van der Waals surface area contributed by atoms with Gasteiger partial charge in [-0.15, -0.1) is 11.6 Å². The van der Waals surface area contributed by atoms with Gasteiger partial charge in [0.2, 0.25) is 0 Å². The lowest BCUT2D eigenvalue weighted by Crippen LogP contribution is -1.92. The Kier molecular flexibility index (Phi) is 15.9. The van der Waals surface area contributed by atoms with E-state index in [9.17, 15) is 9.59 Å². The predicted molar refractivity (Wildman–Crippen MR) is 49.3 cm³/mol. The summed E-state index contributed by atoms with van der Waals surface area (Å²) in [5.41, 5.74) is 0.176. The molecule has 0 aromatic rings. The zero-order chi connectivity index (χ0) is 9.44. The van der Waals surface area contributed by atoms with Gasteiger partial charge in [-0.25, -0.2) is 4.79 Å². The van der Waals surface area contributed by atoms with Crippen LogP contribution in [0, 0.1) is 0 Å². The summed E-state index contributed by atoms with van der Waals surface area (Å²) in [5.74, 6) is -2.22. The molecule has 4 nitrogen and oxygen atoms in total. The van der Waals surface area contributed by atoms with E-state index in [1.54, 1.807) is 0 Å². The van der Waals surface area contributed by atoms with Crippen LogP contribution in [0.2, 0.25) is 0 Å². The third-order valence-corrected chi connectivity index (χ3v) is 0.708. The first-order valence-electron chi connectivity index (χ1n) is 2.58. The van der Waals surface area contributed by atoms with Crippen molar-refractivity contribution >= 4 is 46.6 Å². The van der Waals surface area contributed by atoms with Crippen LogP contribution in [-0.2, 0) is 9.59 Å². The average Bonchev–Trinajstić information content (AvgIpc) is 1.89. The highest BCUT2D eigenvalue weighted by molar-refractivity contribution is 6.26. The molecule has 6 heteroatoms. The monoisotopic (exact) mass is 206 g/mol. The Balaban J connectivity index is -0.000000126. The van der Waals surface area contributed by atoms with Crippen LogP contribution < -0.4 is 0 Å². The zero-order valence-electron chi connectivity index (χ0n) is 6.00. The molecule has 0 bridgehead atoms. The van der Waals surface area contributed by atoms with E-state index in [1.165, 1.54) is 6.92 Å². The fourth-order valence-electron chi connectivity index (χ4n) is 0. The van der Waals surface area contributed by atoms with E-state index >= 15 is 0 Å². The van der Waals surface area contributed by atoms with Gasteiger partial charge in [0.05, 0.1) is 0 Å². The number of hydrogen-bond acceptors (Lipinski definition) is 2. The molecule has 0 rings (SSSR count). The molecule has 0 amide bonds. The quantitative estimate of drug-likeness (QED) is 0.380. The second-order valence-electron chi connectivity index (χ2n) is 1.61. The minimum Gasteiger partial charge on any atom is -0.480 e. The van der Waals surface area contributed by atoms with Crippen LogP contribution in [0.1, 0.15) is 6.92 Å². The summed E-state index contributed by atoms with van der Waals surface area (Å²) >= 11 is 4.74. The van der Waals surface area contributed by atoms with Crippen LogP contribution in [0.5, 0.6) is 0 Å². The molecule has 0 saturated heterocycles. The Hall–Kier alpha value is -0.264. The summed E-state index contributed by atoms with van der Waals surface area (Å²) in [6, 6.07) is 0. The maximum atomic E-state index is 9.60. The maximum absolute atomic E-state index is 9.60. The van der Waals surface area contributed by atoms with Crippen molar-refractivity contribution in [2.24, 2.45) is 0 Å². The van der Waals surface area contributed by atoms with Gasteiger partial charge in [0.25, 0.3) is 0 Å². The summed E-state index contributed by atoms with van der Waals surface area (Å²) in [6.45, 7) is 4.60. The second-order valence-corrected chi connectivity index (χ2v) is 1.88. The number of halogens is 1. The summed E-state index contributed by atoms with van der Waals surface area (Å²) in [4.78, 5) is 18.8. The standard InChI is InChI=1S/C4H6O2.C2H3ClO2.Mg.2H/c1-3(2)4(5)6;3-1-2(4)5;;;/h1H2,2H3,(H,5,6);1H2,(H,4,5);;;. The molecule has 2 N–H and O–H groups in total. The van der Waals surface area contributed by atoms with Crippen molar-refractivity contribution in [1.29, 1.82) is 0 Å². The second kappa shape index (κ2) is 10.7. The van der Waals surface area contributed by atoms with Crippen LogP contribution >= 0.6 is 11.6 Å². The van der Waals surface area contributed by atoms with E-state index in [0.29, 0.717) is 0 Å². The number of alkyl halides is 1. The lowest BCUT2D eigenvalue weighted by atomic mass is 10.4. The van der Waals surface area contributed by atoms with Crippen molar-refractivity contribution in [3.63, 3.8) is 0 Å². The molecule has 0 fully saturated rings. The molecule has 12 heavy (non-hydrogen) atoms. The molecule has 68 valence electrons. The number of hydrogen-bond donors (Lipinski definition) is 2. The number of carbonyl (C=O) groups is 2. The smallest absolute Gasteiger partial charge is 0.330 e. The van der Waals surface area contributed by atoms with Gasteiger partial charge in [-0.3, -0.25) is 4.79 Å². The van der Waals surface area contributed by atoms with E-state index in [1.807, 2.05) is 0 Å². The lowest BCUT2D eigenvalue weighted by Gasteiger charge is -1.79. The molecular formula is C6H11ClMgO4. The minimum atomic E-state index is -0.980. The van der Waals surface area contributed by atoms with Gasteiger partial charge in [0.1, 0.15) is 5.88 Å². The predicted octanol–water partition coefficient (Wildman–Crippen LogP) is 0.0407. The Labute approximate surface area is 91.4 Å². The van der Waals surface area contributed by atoms with Crippen LogP contribution in [0.3, 0.4) is 0 Å². The number of carboxylic acids is 2. The third-order valence-electron chi connectivity index (χ3n) is 0.479. The molecular weight excluding hydrogens is 196 g/mol. The van der Waals surface area contributed by atoms with Crippen molar-refractivity contribution in [3.05, 3.63) is 12.2 Å². The van der Waals surface area contributed by atoms with Crippen LogP contribution in [0.15, 0.2) is 12.2 Å². The number of aliphatic carboxylic acids is 2. The first-order chi connectivity index (χ1) is 4.91. The summed E-state index contributed by atoms with van der Waals surface area (Å²) in [6.07, 6.45) is 0.